The van der Waals surface area contributed by atoms with E-state index >= 15 is 0 Å². The van der Waals surface area contributed by atoms with Crippen LogP contribution in [0.15, 0.2) is 79.3 Å². The van der Waals surface area contributed by atoms with E-state index in [9.17, 15) is 14.7 Å². The van der Waals surface area contributed by atoms with Crippen molar-refractivity contribution in [1.82, 2.24) is 14.8 Å². The van der Waals surface area contributed by atoms with Crippen molar-refractivity contribution in [3.05, 3.63) is 130 Å². The number of rotatable bonds is 13. The summed E-state index contributed by atoms with van der Waals surface area (Å²) in [6, 6.07) is 22.4. The molecule has 0 bridgehead atoms. The van der Waals surface area contributed by atoms with Crippen molar-refractivity contribution in [2.45, 2.75) is 77.7 Å². The van der Waals surface area contributed by atoms with E-state index in [4.69, 9.17) is 42.7 Å². The van der Waals surface area contributed by atoms with Crippen LogP contribution < -0.4 is 9.47 Å². The van der Waals surface area contributed by atoms with Crippen LogP contribution in [0.25, 0.3) is 11.1 Å². The van der Waals surface area contributed by atoms with Gasteiger partial charge < -0.3 is 29.2 Å². The zero-order valence-electron chi connectivity index (χ0n) is 33.8. The van der Waals surface area contributed by atoms with Gasteiger partial charge in [-0.3, -0.25) is 9.69 Å². The first-order valence-corrected chi connectivity index (χ1v) is 20.2. The SMILES string of the molecule is CCOC(=O)C1(O)CCN(/C=C/COc2cccc(-c3cccc(COc4c[c-]c(CN5CCCC[C@H]5C(C)=O)cc4Cl)c3C)c2Cl)CC1.[CH2-]c1cncc(C#N)c1.[U+2]. The number of likely N-dealkylation sites (tertiary alicyclic amines) is 2. The second-order valence-corrected chi connectivity index (χ2v) is 15.2. The van der Waals surface area contributed by atoms with Crippen molar-refractivity contribution in [1.29, 1.82) is 5.26 Å². The Kier molecular flexibility index (Phi) is 18.7. The molecular formula is C46H50Cl2N4O6U. The number of hydrogen-bond donors (Lipinski definition) is 1. The fourth-order valence-electron chi connectivity index (χ4n) is 7.06. The quantitative estimate of drug-likeness (QED) is 0.103. The number of ether oxygens (including phenoxy) is 3. The molecule has 10 nitrogen and oxygen atoms in total. The molecule has 4 aromatic rings. The molecule has 2 saturated heterocycles. The van der Waals surface area contributed by atoms with Gasteiger partial charge in [0.05, 0.1) is 30.3 Å². The van der Waals surface area contributed by atoms with E-state index in [0.29, 0.717) is 72.8 Å². The summed E-state index contributed by atoms with van der Waals surface area (Å²) in [5, 5.41) is 20.0. The Bertz CT molecular complexity index is 2120. The molecule has 0 radical (unpaired) electrons. The van der Waals surface area contributed by atoms with Crippen LogP contribution in [0.1, 0.15) is 73.8 Å². The van der Waals surface area contributed by atoms with Gasteiger partial charge in [0.1, 0.15) is 18.1 Å². The van der Waals surface area contributed by atoms with E-state index in [2.05, 4.69) is 22.9 Å². The molecule has 2 aliphatic heterocycles. The van der Waals surface area contributed by atoms with E-state index in [-0.39, 0.29) is 49.5 Å². The maximum Gasteiger partial charge on any atom is 2.00 e. The Morgan fingerprint density at radius 2 is 1.81 bits per heavy atom. The van der Waals surface area contributed by atoms with Gasteiger partial charge in [-0.05, 0) is 80.2 Å². The van der Waals surface area contributed by atoms with Crippen LogP contribution in [0.2, 0.25) is 10.0 Å². The van der Waals surface area contributed by atoms with Crippen molar-refractivity contribution < 1.29 is 60.0 Å². The average molecular weight is 1060 g/mol. The van der Waals surface area contributed by atoms with Crippen molar-refractivity contribution in [2.24, 2.45) is 0 Å². The third-order valence-corrected chi connectivity index (χ3v) is 11.0. The molecule has 2 fully saturated rings. The number of pyridine rings is 1. The number of nitriles is 1. The molecule has 308 valence electrons. The molecule has 3 heterocycles. The van der Waals surface area contributed by atoms with Crippen LogP contribution in [0.5, 0.6) is 11.5 Å². The van der Waals surface area contributed by atoms with Gasteiger partial charge in [0.2, 0.25) is 0 Å². The van der Waals surface area contributed by atoms with Crippen LogP contribution >= 0.6 is 23.2 Å². The molecule has 1 atom stereocenters. The summed E-state index contributed by atoms with van der Waals surface area (Å²) < 4.78 is 17.2. The van der Waals surface area contributed by atoms with Crippen molar-refractivity contribution in [3.63, 3.8) is 0 Å². The molecular weight excluding hydrogens is 1010 g/mol. The first kappa shape index (κ1) is 47.7. The Morgan fingerprint density at radius 3 is 2.49 bits per heavy atom. The zero-order chi connectivity index (χ0) is 41.7. The van der Waals surface area contributed by atoms with E-state index in [0.717, 1.165) is 59.2 Å². The average Bonchev–Trinajstić information content (AvgIpc) is 3.21. The standard InChI is InChI=1S/C39H45Cl2N2O6.C7H5N2.U/c1-4-47-38(45)39(46)17-21-42(22-18-39)19-9-23-48-36-14-8-12-32(37(36)41)31-11-7-10-30(27(31)2)26-49-35-16-15-29(24-33(35)40)25-43-20-6-5-13-34(43)28(3)44;1-6-2-7(3-8)5-9-4-6;/h7-12,14,16,19,24,34,46H,4-6,13,17-18,20-23,25-26H2,1-3H3;2,4-5H,1H2;/q2*-1;+2/b19-9+;;/t34-;;/m0../s1. The van der Waals surface area contributed by atoms with Gasteiger partial charge in [-0.15, -0.1) is 35.4 Å². The fourth-order valence-corrected chi connectivity index (χ4v) is 7.59. The number of carbonyl (C=O) groups is 2. The van der Waals surface area contributed by atoms with Crippen LogP contribution in [0.3, 0.4) is 0 Å². The molecule has 0 aliphatic carbocycles. The van der Waals surface area contributed by atoms with Gasteiger partial charge in [-0.1, -0.05) is 54.6 Å². The summed E-state index contributed by atoms with van der Waals surface area (Å²) in [5.41, 5.74) is 4.71. The molecule has 6 rings (SSSR count). The summed E-state index contributed by atoms with van der Waals surface area (Å²) in [6.07, 6.45) is 10.6. The third kappa shape index (κ3) is 13.2. The van der Waals surface area contributed by atoms with Crippen LogP contribution in [-0.2, 0) is 27.5 Å². The predicted molar refractivity (Wildman–Crippen MR) is 225 cm³/mol. The van der Waals surface area contributed by atoms with Crippen LogP contribution in [0, 0.1) is 62.4 Å². The number of halogens is 2. The minimum atomic E-state index is -1.42. The smallest absolute Gasteiger partial charge is 0.545 e. The number of carbonyl (C=O) groups excluding carboxylic acids is 2. The second-order valence-electron chi connectivity index (χ2n) is 14.4. The Labute approximate surface area is 381 Å². The molecule has 1 aromatic heterocycles. The maximum atomic E-state index is 12.1. The number of benzene rings is 3. The monoisotopic (exact) mass is 1060 g/mol. The number of aliphatic hydroxyl groups is 1. The van der Waals surface area contributed by atoms with E-state index in [1.807, 2.05) is 72.6 Å². The molecule has 1 N–H and O–H groups in total. The second kappa shape index (κ2) is 23.1. The van der Waals surface area contributed by atoms with Gasteiger partial charge in [-0.25, -0.2) is 4.79 Å². The van der Waals surface area contributed by atoms with Crippen molar-refractivity contribution >= 4 is 35.0 Å². The Balaban J connectivity index is 0.000000680. The number of aromatic nitrogens is 1. The van der Waals surface area contributed by atoms with Gasteiger partial charge in [0, 0.05) is 55.5 Å². The fraction of sp³-hybridized carbons (Fsp3) is 0.370. The summed E-state index contributed by atoms with van der Waals surface area (Å²) in [5.74, 6) is 0.785. The largest absolute Gasteiger partial charge is 2.00 e. The minimum Gasteiger partial charge on any atom is -0.545 e. The zero-order valence-corrected chi connectivity index (χ0v) is 39.5. The summed E-state index contributed by atoms with van der Waals surface area (Å²) in [4.78, 5) is 32.2. The number of nitrogens with zero attached hydrogens (tertiary/aromatic N) is 4. The number of esters is 1. The van der Waals surface area contributed by atoms with E-state index in [1.165, 1.54) is 6.20 Å². The predicted octanol–water partition coefficient (Wildman–Crippen LogP) is 8.71. The molecule has 3 aromatic carbocycles. The normalized spacial score (nSPS) is 16.2. The van der Waals surface area contributed by atoms with Crippen LogP contribution in [-0.4, -0.2) is 76.1 Å². The minimum absolute atomic E-state index is 0. The summed E-state index contributed by atoms with van der Waals surface area (Å²) in [6.45, 7) is 12.5. The van der Waals surface area contributed by atoms with Crippen LogP contribution in [0.4, 0.5) is 0 Å². The molecule has 2 aliphatic rings. The number of Topliss-reactive ketones (excluding diaryl/α,β-unsaturated/α-hetero) is 1. The molecule has 13 heteroatoms. The molecule has 0 amide bonds. The first-order chi connectivity index (χ1) is 27.9. The van der Waals surface area contributed by atoms with Gasteiger partial charge in [0.25, 0.3) is 0 Å². The number of hydrogen-bond acceptors (Lipinski definition) is 10. The van der Waals surface area contributed by atoms with Gasteiger partial charge >= 0.3 is 37.1 Å². The van der Waals surface area contributed by atoms with Gasteiger partial charge in [-0.2, -0.15) is 23.8 Å². The molecule has 0 spiro atoms. The molecule has 59 heavy (non-hydrogen) atoms. The van der Waals surface area contributed by atoms with Gasteiger partial charge in [0.15, 0.2) is 5.60 Å². The summed E-state index contributed by atoms with van der Waals surface area (Å²) in [7, 11) is 0. The topological polar surface area (TPSA) is 125 Å². The molecule has 0 saturated carbocycles. The van der Waals surface area contributed by atoms with Crippen molar-refractivity contribution in [3.8, 4) is 28.7 Å². The third-order valence-electron chi connectivity index (χ3n) is 10.3. The number of piperidine rings is 2. The Morgan fingerprint density at radius 1 is 1.07 bits per heavy atom. The summed E-state index contributed by atoms with van der Waals surface area (Å²) >= 11 is 13.5. The Hall–Kier alpha value is -4.00. The van der Waals surface area contributed by atoms with E-state index in [1.54, 1.807) is 32.2 Å². The van der Waals surface area contributed by atoms with Crippen molar-refractivity contribution in [2.75, 3.05) is 32.8 Å². The van der Waals surface area contributed by atoms with E-state index < -0.39 is 11.6 Å². The molecule has 0 unspecified atom stereocenters. The number of ketones is 1. The first-order valence-electron chi connectivity index (χ1n) is 19.5. The maximum absolute atomic E-state index is 12.1.